The Balaban J connectivity index is 1.94. The van der Waals surface area contributed by atoms with Crippen LogP contribution in [0.4, 0.5) is 20.3 Å². The number of ether oxygens (including phenoxy) is 1. The number of hydrogen-bond donors (Lipinski definition) is 0. The molecule has 124 valence electrons. The Labute approximate surface area is 142 Å². The van der Waals surface area contributed by atoms with Crippen LogP contribution in [0.25, 0.3) is 0 Å². The first-order chi connectivity index (χ1) is 11.6. The van der Waals surface area contributed by atoms with E-state index in [0.717, 1.165) is 10.6 Å². The molecule has 0 bridgehead atoms. The van der Waals surface area contributed by atoms with Gasteiger partial charge in [0.05, 0.1) is 17.7 Å². The van der Waals surface area contributed by atoms with Crippen LogP contribution >= 0.6 is 11.3 Å². The third-order valence-corrected chi connectivity index (χ3v) is 4.14. The summed E-state index contributed by atoms with van der Waals surface area (Å²) in [5.41, 5.74) is 3.15. The smallest absolute Gasteiger partial charge is 0.387 e. The van der Waals surface area contributed by atoms with Gasteiger partial charge in [0.2, 0.25) is 0 Å². The fourth-order valence-corrected chi connectivity index (χ4v) is 2.88. The van der Waals surface area contributed by atoms with Gasteiger partial charge in [0.25, 0.3) is 0 Å². The number of para-hydroxylation sites is 1. The number of alkyl halides is 2. The van der Waals surface area contributed by atoms with Crippen molar-refractivity contribution < 1.29 is 13.5 Å². The van der Waals surface area contributed by atoms with Crippen LogP contribution in [0, 0.1) is 6.92 Å². The van der Waals surface area contributed by atoms with Crippen LogP contribution in [0.1, 0.15) is 10.6 Å². The number of anilines is 2. The molecule has 0 unspecified atom stereocenters. The number of pyridine rings is 1. The lowest BCUT2D eigenvalue weighted by molar-refractivity contribution is -0.0505. The van der Waals surface area contributed by atoms with Gasteiger partial charge >= 0.3 is 6.61 Å². The van der Waals surface area contributed by atoms with Crippen LogP contribution in [0.15, 0.2) is 54.2 Å². The number of benzene rings is 1. The fraction of sp³-hybridized carbons (Fsp3) is 0.176. The molecule has 2 aromatic heterocycles. The summed E-state index contributed by atoms with van der Waals surface area (Å²) in [4.78, 5) is 11.6. The van der Waals surface area contributed by atoms with Gasteiger partial charge in [0.1, 0.15) is 11.6 Å². The van der Waals surface area contributed by atoms with E-state index in [-0.39, 0.29) is 5.75 Å². The molecule has 2 heterocycles. The normalized spacial score (nSPS) is 10.8. The van der Waals surface area contributed by atoms with Gasteiger partial charge in [-0.3, -0.25) is 4.98 Å². The van der Waals surface area contributed by atoms with E-state index in [1.54, 1.807) is 29.8 Å². The minimum Gasteiger partial charge on any atom is -0.433 e. The minimum atomic E-state index is -2.86. The monoisotopic (exact) mass is 347 g/mol. The number of aryl methyl sites for hydroxylation is 1. The number of rotatable bonds is 6. The van der Waals surface area contributed by atoms with Crippen molar-refractivity contribution in [2.75, 3.05) is 4.90 Å². The predicted molar refractivity (Wildman–Crippen MR) is 90.0 cm³/mol. The van der Waals surface area contributed by atoms with Crippen molar-refractivity contribution >= 4 is 22.8 Å². The number of hydrogen-bond acceptors (Lipinski definition) is 5. The fourth-order valence-electron chi connectivity index (χ4n) is 2.29. The van der Waals surface area contributed by atoms with Gasteiger partial charge in [-0.15, -0.1) is 11.3 Å². The summed E-state index contributed by atoms with van der Waals surface area (Å²) in [6.07, 6.45) is 1.81. The summed E-state index contributed by atoms with van der Waals surface area (Å²) in [7, 11) is 0. The van der Waals surface area contributed by atoms with Crippen molar-refractivity contribution in [3.8, 4) is 5.75 Å². The second-order valence-corrected chi connectivity index (χ2v) is 5.99. The predicted octanol–water partition coefficient (Wildman–Crippen LogP) is 4.79. The number of aromatic nitrogens is 2. The van der Waals surface area contributed by atoms with Crippen LogP contribution in [0.3, 0.4) is 0 Å². The molecule has 0 N–H and O–H groups in total. The molecule has 0 atom stereocenters. The summed E-state index contributed by atoms with van der Waals surface area (Å²) in [5, 5.41) is 0. The summed E-state index contributed by atoms with van der Waals surface area (Å²) >= 11 is 1.55. The number of halogens is 2. The van der Waals surface area contributed by atoms with Gasteiger partial charge in [0.15, 0.2) is 0 Å². The molecule has 0 aliphatic rings. The van der Waals surface area contributed by atoms with Gasteiger partial charge in [-0.1, -0.05) is 18.2 Å². The van der Waals surface area contributed by atoms with Crippen LogP contribution < -0.4 is 9.64 Å². The molecule has 0 aliphatic carbocycles. The zero-order chi connectivity index (χ0) is 16.9. The topological polar surface area (TPSA) is 38.2 Å². The van der Waals surface area contributed by atoms with E-state index in [2.05, 4.69) is 14.7 Å². The molecule has 0 radical (unpaired) electrons. The van der Waals surface area contributed by atoms with Gasteiger partial charge in [-0.05, 0) is 31.2 Å². The van der Waals surface area contributed by atoms with Gasteiger partial charge in [-0.2, -0.15) is 8.78 Å². The Morgan fingerprint density at radius 2 is 1.96 bits per heavy atom. The largest absolute Gasteiger partial charge is 0.433 e. The van der Waals surface area contributed by atoms with Crippen molar-refractivity contribution in [3.63, 3.8) is 0 Å². The second kappa shape index (κ2) is 7.35. The van der Waals surface area contributed by atoms with E-state index in [9.17, 15) is 8.78 Å². The summed E-state index contributed by atoms with van der Waals surface area (Å²) in [5.74, 6) is 0.744. The van der Waals surface area contributed by atoms with E-state index < -0.39 is 6.61 Å². The van der Waals surface area contributed by atoms with Crippen LogP contribution in [-0.2, 0) is 6.54 Å². The molecular formula is C17H15F2N3OS. The first kappa shape index (κ1) is 16.3. The molecule has 7 heteroatoms. The van der Waals surface area contributed by atoms with Crippen molar-refractivity contribution in [1.29, 1.82) is 0 Å². The van der Waals surface area contributed by atoms with E-state index in [4.69, 9.17) is 0 Å². The minimum absolute atomic E-state index is 0.0829. The van der Waals surface area contributed by atoms with E-state index in [1.807, 2.05) is 41.4 Å². The summed E-state index contributed by atoms with van der Waals surface area (Å²) < 4.78 is 29.3. The average Bonchev–Trinajstić information content (AvgIpc) is 3.08. The van der Waals surface area contributed by atoms with Crippen molar-refractivity contribution in [2.45, 2.75) is 20.1 Å². The molecule has 0 amide bonds. The molecule has 1 aromatic carbocycles. The van der Waals surface area contributed by atoms with Crippen molar-refractivity contribution in [3.05, 3.63) is 64.7 Å². The van der Waals surface area contributed by atoms with Gasteiger partial charge in [-0.25, -0.2) is 4.98 Å². The van der Waals surface area contributed by atoms with Gasteiger partial charge < -0.3 is 9.64 Å². The van der Waals surface area contributed by atoms with E-state index in [0.29, 0.717) is 18.1 Å². The maximum Gasteiger partial charge on any atom is 0.387 e. The third kappa shape index (κ3) is 3.86. The molecule has 4 nitrogen and oxygen atoms in total. The molecule has 3 rings (SSSR count). The van der Waals surface area contributed by atoms with E-state index in [1.165, 1.54) is 6.07 Å². The highest BCUT2D eigenvalue weighted by molar-refractivity contribution is 7.09. The molecule has 3 aromatic rings. The van der Waals surface area contributed by atoms with Crippen LogP contribution in [0.5, 0.6) is 5.75 Å². The first-order valence-electron chi connectivity index (χ1n) is 7.26. The highest BCUT2D eigenvalue weighted by Crippen LogP contribution is 2.29. The first-order valence-corrected chi connectivity index (χ1v) is 8.14. The quantitative estimate of drug-likeness (QED) is 0.643. The lowest BCUT2D eigenvalue weighted by Crippen LogP contribution is -2.17. The van der Waals surface area contributed by atoms with Crippen LogP contribution in [0.2, 0.25) is 0 Å². The lowest BCUT2D eigenvalue weighted by Gasteiger charge is -2.24. The maximum atomic E-state index is 12.4. The highest BCUT2D eigenvalue weighted by atomic mass is 32.1. The number of nitrogens with zero attached hydrogens (tertiary/aromatic N) is 3. The Morgan fingerprint density at radius 1 is 1.17 bits per heavy atom. The molecule has 0 aliphatic heterocycles. The lowest BCUT2D eigenvalue weighted by atomic mass is 10.2. The van der Waals surface area contributed by atoms with Gasteiger partial charge in [0, 0.05) is 16.8 Å². The molecule has 0 fully saturated rings. The Bertz CT molecular complexity index is 782. The maximum absolute atomic E-state index is 12.4. The Kier molecular flexibility index (Phi) is 5.00. The second-order valence-electron chi connectivity index (χ2n) is 5.02. The number of thiazole rings is 1. The summed E-state index contributed by atoms with van der Waals surface area (Å²) in [6.45, 7) is -0.619. The standard InChI is InChI=1S/C17H15F2N3OS/c1-12-15(23-17(18)19)7-8-16(21-12)22(10-14-9-20-11-24-14)13-5-3-2-4-6-13/h2-9,11,17H,10H2,1H3. The van der Waals surface area contributed by atoms with Crippen LogP contribution in [-0.4, -0.2) is 16.6 Å². The van der Waals surface area contributed by atoms with E-state index >= 15 is 0 Å². The molecule has 0 spiro atoms. The Morgan fingerprint density at radius 3 is 2.58 bits per heavy atom. The summed E-state index contributed by atoms with van der Waals surface area (Å²) in [6, 6.07) is 13.0. The highest BCUT2D eigenvalue weighted by Gasteiger charge is 2.15. The zero-order valence-corrected chi connectivity index (χ0v) is 13.7. The molecule has 0 saturated heterocycles. The van der Waals surface area contributed by atoms with Crippen molar-refractivity contribution in [2.24, 2.45) is 0 Å². The zero-order valence-electron chi connectivity index (χ0n) is 12.9. The molecule has 24 heavy (non-hydrogen) atoms. The molecule has 0 saturated carbocycles. The molecular weight excluding hydrogens is 332 g/mol. The third-order valence-electron chi connectivity index (χ3n) is 3.38. The Hall–Kier alpha value is -2.54. The van der Waals surface area contributed by atoms with Crippen molar-refractivity contribution in [1.82, 2.24) is 9.97 Å². The SMILES string of the molecule is Cc1nc(N(Cc2cncs2)c2ccccc2)ccc1OC(F)F. The average molecular weight is 347 g/mol.